The number of halogens is 2. The third kappa shape index (κ3) is 2.75. The van der Waals surface area contributed by atoms with Crippen LogP contribution in [-0.2, 0) is 11.3 Å². The number of aromatic nitrogens is 2. The molecule has 3 nitrogen and oxygen atoms in total. The first-order valence-electron chi connectivity index (χ1n) is 6.84. The van der Waals surface area contributed by atoms with Crippen LogP contribution in [-0.4, -0.2) is 22.3 Å². The lowest BCUT2D eigenvalue weighted by atomic mass is 10.1. The van der Waals surface area contributed by atoms with Crippen LogP contribution in [0.4, 0.5) is 4.39 Å². The van der Waals surface area contributed by atoms with Crippen molar-refractivity contribution in [3.63, 3.8) is 0 Å². The number of aromatic amines is 1. The van der Waals surface area contributed by atoms with Gasteiger partial charge in [-0.15, -0.1) is 0 Å². The summed E-state index contributed by atoms with van der Waals surface area (Å²) in [5.74, 6) is -0.421. The lowest BCUT2D eigenvalue weighted by Gasteiger charge is -2.22. The smallest absolute Gasteiger partial charge is 0.178 e. The molecule has 0 aliphatic carbocycles. The Kier molecular flexibility index (Phi) is 4.10. The molecule has 2 heterocycles. The summed E-state index contributed by atoms with van der Waals surface area (Å²) in [5, 5.41) is 0.108. The largest absolute Gasteiger partial charge is 0.378 e. The molecule has 6 heteroatoms. The standard InChI is InChI=1S/C14H16ClFN2OS/c15-10-7-12-13(8-11(10)16)18(14(20)17-12)5-4-9-3-1-2-6-19-9/h7-9H,1-6H2,(H,17,20). The van der Waals surface area contributed by atoms with E-state index in [0.717, 1.165) is 43.4 Å². The molecule has 0 amide bonds. The van der Waals surface area contributed by atoms with Crippen molar-refractivity contribution >= 4 is 34.9 Å². The van der Waals surface area contributed by atoms with E-state index in [0.29, 0.717) is 4.77 Å². The van der Waals surface area contributed by atoms with Crippen molar-refractivity contribution in [3.05, 3.63) is 27.7 Å². The Morgan fingerprint density at radius 1 is 1.45 bits per heavy atom. The third-order valence-corrected chi connectivity index (χ3v) is 4.38. The van der Waals surface area contributed by atoms with Gasteiger partial charge in [0.05, 0.1) is 22.2 Å². The van der Waals surface area contributed by atoms with Crippen molar-refractivity contribution in [1.82, 2.24) is 9.55 Å². The summed E-state index contributed by atoms with van der Waals surface area (Å²) < 4.78 is 21.8. The molecular formula is C14H16ClFN2OS. The van der Waals surface area contributed by atoms with Crippen LogP contribution in [0.25, 0.3) is 11.0 Å². The molecule has 1 saturated heterocycles. The minimum atomic E-state index is -0.421. The van der Waals surface area contributed by atoms with Gasteiger partial charge in [0.2, 0.25) is 0 Å². The van der Waals surface area contributed by atoms with Crippen molar-refractivity contribution in [3.8, 4) is 0 Å². The Hall–Kier alpha value is -0.910. The predicted molar refractivity (Wildman–Crippen MR) is 80.3 cm³/mol. The van der Waals surface area contributed by atoms with Gasteiger partial charge in [0.15, 0.2) is 4.77 Å². The summed E-state index contributed by atoms with van der Waals surface area (Å²) in [6.45, 7) is 1.57. The van der Waals surface area contributed by atoms with Crippen LogP contribution in [0.2, 0.25) is 5.02 Å². The Balaban J connectivity index is 1.85. The van der Waals surface area contributed by atoms with Crippen LogP contribution in [0.15, 0.2) is 12.1 Å². The molecule has 108 valence electrons. The van der Waals surface area contributed by atoms with Crippen LogP contribution in [0, 0.1) is 10.6 Å². The van der Waals surface area contributed by atoms with E-state index in [1.165, 1.54) is 12.5 Å². The van der Waals surface area contributed by atoms with E-state index in [-0.39, 0.29) is 11.1 Å². The van der Waals surface area contributed by atoms with E-state index in [4.69, 9.17) is 28.6 Å². The summed E-state index contributed by atoms with van der Waals surface area (Å²) in [7, 11) is 0. The highest BCUT2D eigenvalue weighted by Gasteiger charge is 2.15. The van der Waals surface area contributed by atoms with Gasteiger partial charge < -0.3 is 14.3 Å². The average molecular weight is 315 g/mol. The number of ether oxygens (including phenoxy) is 1. The predicted octanol–water partition coefficient (Wildman–Crippen LogP) is 4.45. The van der Waals surface area contributed by atoms with Gasteiger partial charge >= 0.3 is 0 Å². The number of hydrogen-bond acceptors (Lipinski definition) is 2. The van der Waals surface area contributed by atoms with Gasteiger partial charge in [-0.25, -0.2) is 4.39 Å². The van der Waals surface area contributed by atoms with Crippen LogP contribution in [0.3, 0.4) is 0 Å². The maximum Gasteiger partial charge on any atom is 0.178 e. The summed E-state index contributed by atoms with van der Waals surface area (Å²) in [6.07, 6.45) is 4.63. The number of aryl methyl sites for hydroxylation is 1. The fourth-order valence-corrected chi connectivity index (χ4v) is 3.15. The van der Waals surface area contributed by atoms with E-state index < -0.39 is 5.82 Å². The van der Waals surface area contributed by atoms with Gasteiger partial charge in [-0.1, -0.05) is 11.6 Å². The molecule has 2 aromatic rings. The highest BCUT2D eigenvalue weighted by molar-refractivity contribution is 7.71. The zero-order valence-corrected chi connectivity index (χ0v) is 12.6. The topological polar surface area (TPSA) is 29.9 Å². The average Bonchev–Trinajstić information content (AvgIpc) is 2.73. The first-order chi connectivity index (χ1) is 9.65. The van der Waals surface area contributed by atoms with E-state index in [1.807, 2.05) is 4.57 Å². The molecule has 1 aliphatic heterocycles. The quantitative estimate of drug-likeness (QED) is 0.848. The number of nitrogens with one attached hydrogen (secondary N) is 1. The molecule has 1 aliphatic rings. The molecule has 1 fully saturated rings. The molecule has 3 rings (SSSR count). The second-order valence-corrected chi connectivity index (χ2v) is 5.94. The number of fused-ring (bicyclic) bond motifs is 1. The Morgan fingerprint density at radius 2 is 2.30 bits per heavy atom. The Bertz CT molecular complexity index is 676. The fraction of sp³-hybridized carbons (Fsp3) is 0.500. The summed E-state index contributed by atoms with van der Waals surface area (Å²) in [4.78, 5) is 3.07. The maximum atomic E-state index is 13.6. The zero-order chi connectivity index (χ0) is 14.1. The Morgan fingerprint density at radius 3 is 3.05 bits per heavy atom. The van der Waals surface area contributed by atoms with Gasteiger partial charge in [-0.3, -0.25) is 0 Å². The van der Waals surface area contributed by atoms with Gasteiger partial charge in [0.25, 0.3) is 0 Å². The first-order valence-corrected chi connectivity index (χ1v) is 7.63. The van der Waals surface area contributed by atoms with Gasteiger partial charge in [-0.05, 0) is 44.0 Å². The second-order valence-electron chi connectivity index (χ2n) is 5.14. The van der Waals surface area contributed by atoms with Crippen molar-refractivity contribution in [2.45, 2.75) is 38.3 Å². The number of H-pyrrole nitrogens is 1. The lowest BCUT2D eigenvalue weighted by Crippen LogP contribution is -2.20. The van der Waals surface area contributed by atoms with E-state index >= 15 is 0 Å². The molecule has 1 atom stereocenters. The fourth-order valence-electron chi connectivity index (χ4n) is 2.68. The molecule has 1 aromatic heterocycles. The molecule has 20 heavy (non-hydrogen) atoms. The minimum Gasteiger partial charge on any atom is -0.378 e. The lowest BCUT2D eigenvalue weighted by molar-refractivity contribution is 0.00892. The number of hydrogen-bond donors (Lipinski definition) is 1. The highest BCUT2D eigenvalue weighted by Crippen LogP contribution is 2.24. The molecule has 1 unspecified atom stereocenters. The zero-order valence-electron chi connectivity index (χ0n) is 11.0. The number of imidazole rings is 1. The molecule has 1 N–H and O–H groups in total. The van der Waals surface area contributed by atoms with Gasteiger partial charge in [-0.2, -0.15) is 0 Å². The molecule has 0 saturated carbocycles. The van der Waals surface area contributed by atoms with E-state index in [1.54, 1.807) is 6.07 Å². The maximum absolute atomic E-state index is 13.6. The minimum absolute atomic E-state index is 0.108. The normalized spacial score (nSPS) is 19.6. The highest BCUT2D eigenvalue weighted by atomic mass is 35.5. The van der Waals surface area contributed by atoms with Crippen LogP contribution in [0.5, 0.6) is 0 Å². The molecule has 0 radical (unpaired) electrons. The molecular weight excluding hydrogens is 299 g/mol. The number of nitrogens with zero attached hydrogens (tertiary/aromatic N) is 1. The SMILES string of the molecule is Fc1cc2c(cc1Cl)[nH]c(=S)n2CCC1CCCCO1. The second kappa shape index (κ2) is 5.84. The monoisotopic (exact) mass is 314 g/mol. The Labute approximate surface area is 126 Å². The molecule has 0 bridgehead atoms. The van der Waals surface area contributed by atoms with Crippen molar-refractivity contribution in [1.29, 1.82) is 0 Å². The van der Waals surface area contributed by atoms with Gasteiger partial charge in [0.1, 0.15) is 5.82 Å². The van der Waals surface area contributed by atoms with Gasteiger partial charge in [0, 0.05) is 19.2 Å². The summed E-state index contributed by atoms with van der Waals surface area (Å²) in [5.41, 5.74) is 1.53. The third-order valence-electron chi connectivity index (χ3n) is 3.76. The van der Waals surface area contributed by atoms with Crippen LogP contribution >= 0.6 is 23.8 Å². The molecule has 0 spiro atoms. The van der Waals surface area contributed by atoms with Crippen molar-refractivity contribution in [2.24, 2.45) is 0 Å². The first kappa shape index (κ1) is 14.0. The van der Waals surface area contributed by atoms with Crippen LogP contribution < -0.4 is 0 Å². The van der Waals surface area contributed by atoms with Crippen molar-refractivity contribution < 1.29 is 9.13 Å². The van der Waals surface area contributed by atoms with E-state index in [2.05, 4.69) is 4.98 Å². The molecule has 1 aromatic carbocycles. The van der Waals surface area contributed by atoms with Crippen LogP contribution in [0.1, 0.15) is 25.7 Å². The van der Waals surface area contributed by atoms with E-state index in [9.17, 15) is 4.39 Å². The number of benzene rings is 1. The summed E-state index contributed by atoms with van der Waals surface area (Å²) in [6, 6.07) is 3.02. The summed E-state index contributed by atoms with van der Waals surface area (Å²) >= 11 is 11.1. The number of rotatable bonds is 3. The van der Waals surface area contributed by atoms with Crippen molar-refractivity contribution in [2.75, 3.05) is 6.61 Å².